The van der Waals surface area contributed by atoms with Gasteiger partial charge >= 0.3 is 5.97 Å². The summed E-state index contributed by atoms with van der Waals surface area (Å²) in [7, 11) is -7.96. The van der Waals surface area contributed by atoms with E-state index in [2.05, 4.69) is 9.44 Å². The highest BCUT2D eigenvalue weighted by atomic mass is 32.2. The second-order valence-electron chi connectivity index (χ2n) is 7.06. The van der Waals surface area contributed by atoms with Gasteiger partial charge in [0.05, 0.1) is 11.5 Å². The highest BCUT2D eigenvalue weighted by Crippen LogP contribution is 2.16. The number of rotatable bonds is 12. The number of nitrogens with one attached hydrogen (secondary N) is 2. The van der Waals surface area contributed by atoms with Crippen molar-refractivity contribution in [2.45, 2.75) is 48.9 Å². The SMILES string of the molecule is CCOC(=O)C(CCCCNS(=O)(=O)c1ccc(C)cc1)NS(=O)(=O)c1ccccc1F. The molecule has 32 heavy (non-hydrogen) atoms. The van der Waals surface area contributed by atoms with Crippen LogP contribution in [-0.2, 0) is 29.6 Å². The molecular weight excluding hydrogens is 459 g/mol. The third-order valence-electron chi connectivity index (χ3n) is 4.54. The average molecular weight is 487 g/mol. The van der Waals surface area contributed by atoms with E-state index in [0.717, 1.165) is 17.7 Å². The van der Waals surface area contributed by atoms with Crippen LogP contribution in [0.15, 0.2) is 58.3 Å². The molecule has 8 nitrogen and oxygen atoms in total. The maximum Gasteiger partial charge on any atom is 0.324 e. The molecule has 2 N–H and O–H groups in total. The Morgan fingerprint density at radius 1 is 1.00 bits per heavy atom. The molecule has 1 atom stereocenters. The fraction of sp³-hybridized carbons (Fsp3) is 0.381. The lowest BCUT2D eigenvalue weighted by molar-refractivity contribution is -0.145. The van der Waals surface area contributed by atoms with Crippen molar-refractivity contribution in [3.05, 3.63) is 59.9 Å². The van der Waals surface area contributed by atoms with E-state index in [-0.39, 0.29) is 24.5 Å². The number of halogens is 1. The Kier molecular flexibility index (Phi) is 9.32. The molecule has 0 saturated heterocycles. The molecule has 0 radical (unpaired) electrons. The molecule has 0 saturated carbocycles. The zero-order valence-electron chi connectivity index (χ0n) is 17.9. The predicted molar refractivity (Wildman–Crippen MR) is 117 cm³/mol. The summed E-state index contributed by atoms with van der Waals surface area (Å²) in [6, 6.07) is 10.0. The summed E-state index contributed by atoms with van der Waals surface area (Å²) in [6.45, 7) is 3.59. The first-order valence-corrected chi connectivity index (χ1v) is 13.0. The fourth-order valence-electron chi connectivity index (χ4n) is 2.86. The molecule has 0 aliphatic carbocycles. The van der Waals surface area contributed by atoms with Crippen LogP contribution in [0.4, 0.5) is 4.39 Å². The number of carbonyl (C=O) groups is 1. The molecule has 0 bridgehead atoms. The smallest absolute Gasteiger partial charge is 0.324 e. The molecule has 0 aliphatic heterocycles. The van der Waals surface area contributed by atoms with Gasteiger partial charge in [-0.3, -0.25) is 4.79 Å². The van der Waals surface area contributed by atoms with Crippen LogP contribution in [0.5, 0.6) is 0 Å². The molecule has 1 unspecified atom stereocenters. The number of sulfonamides is 2. The number of ether oxygens (including phenoxy) is 1. The number of aryl methyl sites for hydroxylation is 1. The summed E-state index contributed by atoms with van der Waals surface area (Å²) in [6.07, 6.45) is 0.723. The first-order valence-electron chi connectivity index (χ1n) is 10.1. The average Bonchev–Trinajstić information content (AvgIpc) is 2.73. The van der Waals surface area contributed by atoms with Gasteiger partial charge in [0.25, 0.3) is 0 Å². The topological polar surface area (TPSA) is 119 Å². The van der Waals surface area contributed by atoms with E-state index < -0.39 is 42.8 Å². The monoisotopic (exact) mass is 486 g/mol. The van der Waals surface area contributed by atoms with Crippen LogP contribution in [0.2, 0.25) is 0 Å². The lowest BCUT2D eigenvalue weighted by Crippen LogP contribution is -2.42. The molecule has 0 aromatic heterocycles. The van der Waals surface area contributed by atoms with E-state index in [1.807, 2.05) is 6.92 Å². The molecule has 11 heteroatoms. The van der Waals surface area contributed by atoms with E-state index in [1.165, 1.54) is 24.3 Å². The minimum atomic E-state index is -4.30. The van der Waals surface area contributed by atoms with Crippen LogP contribution in [0.1, 0.15) is 31.7 Å². The summed E-state index contributed by atoms with van der Waals surface area (Å²) >= 11 is 0. The number of esters is 1. The molecule has 0 aliphatic rings. The van der Waals surface area contributed by atoms with E-state index in [9.17, 15) is 26.0 Å². The first kappa shape index (κ1) is 25.9. The largest absolute Gasteiger partial charge is 0.465 e. The van der Waals surface area contributed by atoms with E-state index >= 15 is 0 Å². The highest BCUT2D eigenvalue weighted by molar-refractivity contribution is 7.89. The van der Waals surface area contributed by atoms with Crippen molar-refractivity contribution in [3.63, 3.8) is 0 Å². The normalized spacial score (nSPS) is 13.0. The Bertz CT molecular complexity index is 1120. The maximum absolute atomic E-state index is 13.9. The van der Waals surface area contributed by atoms with E-state index in [4.69, 9.17) is 4.74 Å². The zero-order chi connectivity index (χ0) is 23.8. The van der Waals surface area contributed by atoms with Crippen LogP contribution in [0.3, 0.4) is 0 Å². The quantitative estimate of drug-likeness (QED) is 0.352. The predicted octanol–water partition coefficient (Wildman–Crippen LogP) is 2.49. The third kappa shape index (κ3) is 7.37. The molecule has 0 heterocycles. The standard InChI is InChI=1S/C21H27FN2O6S2/c1-3-30-21(25)19(24-32(28,29)20-10-5-4-8-18(20)22)9-6-7-15-23-31(26,27)17-13-11-16(2)12-14-17/h4-5,8,10-14,19,23-24H,3,6-7,9,15H2,1-2H3. The van der Waals surface area contributed by atoms with Crippen LogP contribution >= 0.6 is 0 Å². The lowest BCUT2D eigenvalue weighted by atomic mass is 10.1. The van der Waals surface area contributed by atoms with Crippen molar-refractivity contribution in [3.8, 4) is 0 Å². The van der Waals surface area contributed by atoms with Crippen molar-refractivity contribution >= 4 is 26.0 Å². The Hall–Kier alpha value is -2.34. The van der Waals surface area contributed by atoms with Gasteiger partial charge in [0.15, 0.2) is 0 Å². The van der Waals surface area contributed by atoms with E-state index in [0.29, 0.717) is 12.8 Å². The van der Waals surface area contributed by atoms with Crippen LogP contribution in [0.25, 0.3) is 0 Å². The van der Waals surface area contributed by atoms with Crippen LogP contribution < -0.4 is 9.44 Å². The molecule has 2 aromatic rings. The van der Waals surface area contributed by atoms with E-state index in [1.54, 1.807) is 19.1 Å². The molecule has 0 spiro atoms. The van der Waals surface area contributed by atoms with Gasteiger partial charge in [-0.2, -0.15) is 4.72 Å². The highest BCUT2D eigenvalue weighted by Gasteiger charge is 2.28. The maximum atomic E-state index is 13.9. The van der Waals surface area contributed by atoms with Crippen molar-refractivity contribution in [2.24, 2.45) is 0 Å². The zero-order valence-corrected chi connectivity index (χ0v) is 19.5. The minimum absolute atomic E-state index is 0.0487. The number of hydrogen-bond acceptors (Lipinski definition) is 6. The molecule has 2 rings (SSSR count). The molecule has 0 fully saturated rings. The molecule has 176 valence electrons. The van der Waals surface area contributed by atoms with Crippen LogP contribution in [0, 0.1) is 12.7 Å². The van der Waals surface area contributed by atoms with Gasteiger partial charge in [-0.1, -0.05) is 29.8 Å². The van der Waals surface area contributed by atoms with Crippen LogP contribution in [-0.4, -0.2) is 42.0 Å². The van der Waals surface area contributed by atoms with Gasteiger partial charge in [-0.15, -0.1) is 0 Å². The second kappa shape index (κ2) is 11.5. The summed E-state index contributed by atoms with van der Waals surface area (Å²) in [5, 5.41) is 0. The number of unbranched alkanes of at least 4 members (excludes halogenated alkanes) is 1. The Labute approximate surface area is 188 Å². The summed E-state index contributed by atoms with van der Waals surface area (Å²) in [5.41, 5.74) is 0.937. The lowest BCUT2D eigenvalue weighted by Gasteiger charge is -2.17. The minimum Gasteiger partial charge on any atom is -0.465 e. The summed E-state index contributed by atoms with van der Waals surface area (Å²) in [4.78, 5) is 11.8. The Balaban J connectivity index is 1.96. The number of hydrogen-bond donors (Lipinski definition) is 2. The van der Waals surface area contributed by atoms with Gasteiger partial charge < -0.3 is 4.74 Å². The molecule has 0 amide bonds. The molecule has 2 aromatic carbocycles. The van der Waals surface area contributed by atoms with Gasteiger partial charge in [0.1, 0.15) is 16.8 Å². The van der Waals surface area contributed by atoms with Crippen molar-refractivity contribution < 1.29 is 30.8 Å². The fourth-order valence-corrected chi connectivity index (χ4v) is 5.23. The number of benzene rings is 2. The number of carbonyl (C=O) groups excluding carboxylic acids is 1. The van der Waals surface area contributed by atoms with Crippen molar-refractivity contribution in [1.29, 1.82) is 0 Å². The first-order chi connectivity index (χ1) is 15.1. The Morgan fingerprint density at radius 3 is 2.28 bits per heavy atom. The van der Waals surface area contributed by atoms with Crippen molar-refractivity contribution in [2.75, 3.05) is 13.2 Å². The van der Waals surface area contributed by atoms with Gasteiger partial charge in [-0.05, 0) is 57.4 Å². The van der Waals surface area contributed by atoms with Gasteiger partial charge in [0.2, 0.25) is 20.0 Å². The summed E-state index contributed by atoms with van der Waals surface area (Å²) in [5.74, 6) is -1.72. The van der Waals surface area contributed by atoms with Gasteiger partial charge in [0, 0.05) is 6.54 Å². The summed E-state index contributed by atoms with van der Waals surface area (Å²) < 4.78 is 73.1. The Morgan fingerprint density at radius 2 is 1.66 bits per heavy atom. The van der Waals surface area contributed by atoms with Crippen molar-refractivity contribution in [1.82, 2.24) is 9.44 Å². The third-order valence-corrected chi connectivity index (χ3v) is 7.52. The second-order valence-corrected chi connectivity index (χ2v) is 10.5. The molecular formula is C21H27FN2O6S2. The van der Waals surface area contributed by atoms with Gasteiger partial charge in [-0.25, -0.2) is 25.9 Å².